The average Bonchev–Trinajstić information content (AvgIpc) is 2.83. The van der Waals surface area contributed by atoms with Crippen molar-refractivity contribution in [3.8, 4) is 11.8 Å². The van der Waals surface area contributed by atoms with Gasteiger partial charge in [0.2, 0.25) is 11.8 Å². The lowest BCUT2D eigenvalue weighted by Crippen LogP contribution is -2.34. The lowest BCUT2D eigenvalue weighted by atomic mass is 10.2. The predicted octanol–water partition coefficient (Wildman–Crippen LogP) is 1.13. The number of aromatic nitrogens is 1. The van der Waals surface area contributed by atoms with Gasteiger partial charge >= 0.3 is 0 Å². The normalized spacial score (nSPS) is 20.9. The van der Waals surface area contributed by atoms with Crippen LogP contribution in [-0.2, 0) is 0 Å². The first-order valence-corrected chi connectivity index (χ1v) is 6.29. The van der Waals surface area contributed by atoms with Crippen molar-refractivity contribution < 1.29 is 14.3 Å². The van der Waals surface area contributed by atoms with Crippen molar-refractivity contribution >= 4 is 18.3 Å². The van der Waals surface area contributed by atoms with Gasteiger partial charge in [0.05, 0.1) is 14.2 Å². The van der Waals surface area contributed by atoms with E-state index in [-0.39, 0.29) is 36.3 Å². The van der Waals surface area contributed by atoms with E-state index in [1.165, 1.54) is 14.2 Å². The van der Waals surface area contributed by atoms with Crippen LogP contribution in [0.15, 0.2) is 12.1 Å². The number of rotatable bonds is 4. The van der Waals surface area contributed by atoms with Gasteiger partial charge in [0.25, 0.3) is 5.91 Å². The second-order valence-corrected chi connectivity index (χ2v) is 4.65. The molecule has 7 heteroatoms. The van der Waals surface area contributed by atoms with E-state index in [0.717, 1.165) is 19.3 Å². The second-order valence-electron chi connectivity index (χ2n) is 4.65. The van der Waals surface area contributed by atoms with Gasteiger partial charge in [-0.15, -0.1) is 12.4 Å². The fraction of sp³-hybridized carbons (Fsp3) is 0.538. The lowest BCUT2D eigenvalue weighted by Gasteiger charge is -2.14. The molecule has 0 aliphatic heterocycles. The maximum absolute atomic E-state index is 12.2. The molecular formula is C13H20ClN3O3. The molecule has 1 aliphatic carbocycles. The predicted molar refractivity (Wildman–Crippen MR) is 77.7 cm³/mol. The van der Waals surface area contributed by atoms with Gasteiger partial charge in [-0.3, -0.25) is 4.79 Å². The molecule has 2 atom stereocenters. The Hall–Kier alpha value is -1.53. The summed E-state index contributed by atoms with van der Waals surface area (Å²) in [5.74, 6) is 0.488. The van der Waals surface area contributed by atoms with Gasteiger partial charge in [-0.05, 0) is 25.3 Å². The SMILES string of the molecule is COc1ccc(C(=O)N[C@@H]2CC[C@@H](N)C2)c(OC)n1.Cl. The van der Waals surface area contributed by atoms with Crippen molar-refractivity contribution in [1.82, 2.24) is 10.3 Å². The summed E-state index contributed by atoms with van der Waals surface area (Å²) in [7, 11) is 2.99. The Morgan fingerprint density at radius 3 is 2.65 bits per heavy atom. The van der Waals surface area contributed by atoms with Crippen LogP contribution in [0.1, 0.15) is 29.6 Å². The van der Waals surface area contributed by atoms with Crippen molar-refractivity contribution in [3.05, 3.63) is 17.7 Å². The third kappa shape index (κ3) is 3.74. The minimum atomic E-state index is -0.189. The Balaban J connectivity index is 0.00000200. The number of nitrogens with zero attached hydrogens (tertiary/aromatic N) is 1. The molecule has 1 saturated carbocycles. The Morgan fingerprint density at radius 1 is 1.35 bits per heavy atom. The summed E-state index contributed by atoms with van der Waals surface area (Å²) in [6, 6.07) is 3.60. The lowest BCUT2D eigenvalue weighted by molar-refractivity contribution is 0.0933. The molecule has 1 fully saturated rings. The van der Waals surface area contributed by atoms with Crippen LogP contribution in [0.4, 0.5) is 0 Å². The second kappa shape index (κ2) is 7.31. The van der Waals surface area contributed by atoms with E-state index in [2.05, 4.69) is 10.3 Å². The number of carbonyl (C=O) groups is 1. The first-order valence-electron chi connectivity index (χ1n) is 6.29. The van der Waals surface area contributed by atoms with E-state index in [0.29, 0.717) is 11.4 Å². The zero-order valence-electron chi connectivity index (χ0n) is 11.6. The minimum absolute atomic E-state index is 0. The van der Waals surface area contributed by atoms with Gasteiger partial charge in [0.15, 0.2) is 0 Å². The van der Waals surface area contributed by atoms with Crippen molar-refractivity contribution in [3.63, 3.8) is 0 Å². The largest absolute Gasteiger partial charge is 0.481 e. The number of hydrogen-bond acceptors (Lipinski definition) is 5. The van der Waals surface area contributed by atoms with Crippen LogP contribution in [0.2, 0.25) is 0 Å². The maximum atomic E-state index is 12.2. The fourth-order valence-corrected chi connectivity index (χ4v) is 2.28. The molecule has 0 bridgehead atoms. The Kier molecular flexibility index (Phi) is 6.04. The first kappa shape index (κ1) is 16.5. The molecule has 0 saturated heterocycles. The summed E-state index contributed by atoms with van der Waals surface area (Å²) in [5, 5.41) is 2.96. The molecule has 0 spiro atoms. The van der Waals surface area contributed by atoms with Gasteiger partial charge in [-0.1, -0.05) is 0 Å². The summed E-state index contributed by atoms with van der Waals surface area (Å²) in [6.07, 6.45) is 2.68. The van der Waals surface area contributed by atoms with E-state index < -0.39 is 0 Å². The van der Waals surface area contributed by atoms with E-state index in [1.807, 2.05) is 0 Å². The number of nitrogens with two attached hydrogens (primary N) is 1. The number of hydrogen-bond donors (Lipinski definition) is 2. The Morgan fingerprint density at radius 2 is 2.10 bits per heavy atom. The molecule has 3 N–H and O–H groups in total. The van der Waals surface area contributed by atoms with Gasteiger partial charge in [-0.2, -0.15) is 4.98 Å². The number of methoxy groups -OCH3 is 2. The van der Waals surface area contributed by atoms with Crippen molar-refractivity contribution in [1.29, 1.82) is 0 Å². The Bertz CT molecular complexity index is 470. The number of ether oxygens (including phenoxy) is 2. The molecule has 6 nitrogen and oxygen atoms in total. The molecule has 0 unspecified atom stereocenters. The summed E-state index contributed by atoms with van der Waals surface area (Å²) >= 11 is 0. The minimum Gasteiger partial charge on any atom is -0.481 e. The molecule has 1 heterocycles. The highest BCUT2D eigenvalue weighted by Crippen LogP contribution is 2.22. The first-order chi connectivity index (χ1) is 9.13. The van der Waals surface area contributed by atoms with Crippen LogP contribution >= 0.6 is 12.4 Å². The number of pyridine rings is 1. The van der Waals surface area contributed by atoms with E-state index in [4.69, 9.17) is 15.2 Å². The van der Waals surface area contributed by atoms with Crippen LogP contribution in [0.25, 0.3) is 0 Å². The summed E-state index contributed by atoms with van der Waals surface area (Å²) in [4.78, 5) is 16.3. The van der Waals surface area contributed by atoms with E-state index >= 15 is 0 Å². The molecule has 1 amide bonds. The quantitative estimate of drug-likeness (QED) is 0.870. The van der Waals surface area contributed by atoms with Crippen LogP contribution < -0.4 is 20.5 Å². The standard InChI is InChI=1S/C13H19N3O3.ClH/c1-18-11-6-5-10(13(16-11)19-2)12(17)15-9-4-3-8(14)7-9;/h5-6,8-9H,3-4,7,14H2,1-2H3,(H,15,17);1H/t8-,9-;/m1./s1. The highest BCUT2D eigenvalue weighted by molar-refractivity contribution is 5.96. The molecule has 1 aliphatic rings. The van der Waals surface area contributed by atoms with Crippen LogP contribution in [0.3, 0.4) is 0 Å². The van der Waals surface area contributed by atoms with Crippen LogP contribution in [0.5, 0.6) is 11.8 Å². The van der Waals surface area contributed by atoms with Crippen LogP contribution in [-0.4, -0.2) is 37.2 Å². The monoisotopic (exact) mass is 301 g/mol. The number of halogens is 1. The highest BCUT2D eigenvalue weighted by atomic mass is 35.5. The summed E-state index contributed by atoms with van der Waals surface area (Å²) in [6.45, 7) is 0. The van der Waals surface area contributed by atoms with Crippen molar-refractivity contribution in [2.75, 3.05) is 14.2 Å². The Labute approximate surface area is 124 Å². The molecule has 0 aromatic carbocycles. The highest BCUT2D eigenvalue weighted by Gasteiger charge is 2.25. The zero-order chi connectivity index (χ0) is 13.8. The maximum Gasteiger partial charge on any atom is 0.256 e. The van der Waals surface area contributed by atoms with Gasteiger partial charge in [0.1, 0.15) is 5.56 Å². The van der Waals surface area contributed by atoms with Gasteiger partial charge in [0, 0.05) is 18.2 Å². The third-order valence-corrected chi connectivity index (χ3v) is 3.29. The fourth-order valence-electron chi connectivity index (χ4n) is 2.28. The number of carbonyl (C=O) groups excluding carboxylic acids is 1. The number of nitrogens with one attached hydrogen (secondary N) is 1. The molecule has 20 heavy (non-hydrogen) atoms. The smallest absolute Gasteiger partial charge is 0.256 e. The topological polar surface area (TPSA) is 86.5 Å². The van der Waals surface area contributed by atoms with E-state index in [1.54, 1.807) is 12.1 Å². The number of amides is 1. The van der Waals surface area contributed by atoms with E-state index in [9.17, 15) is 4.79 Å². The average molecular weight is 302 g/mol. The van der Waals surface area contributed by atoms with Gasteiger partial charge in [-0.25, -0.2) is 0 Å². The molecular weight excluding hydrogens is 282 g/mol. The van der Waals surface area contributed by atoms with Crippen molar-refractivity contribution in [2.45, 2.75) is 31.3 Å². The third-order valence-electron chi connectivity index (χ3n) is 3.29. The molecule has 2 rings (SSSR count). The van der Waals surface area contributed by atoms with Crippen LogP contribution in [0, 0.1) is 0 Å². The molecule has 1 aromatic rings. The molecule has 112 valence electrons. The molecule has 0 radical (unpaired) electrons. The zero-order valence-corrected chi connectivity index (χ0v) is 12.4. The van der Waals surface area contributed by atoms with Gasteiger partial charge < -0.3 is 20.5 Å². The summed E-state index contributed by atoms with van der Waals surface area (Å²) < 4.78 is 10.1. The summed E-state index contributed by atoms with van der Waals surface area (Å²) in [5.41, 5.74) is 6.23. The van der Waals surface area contributed by atoms with Crippen molar-refractivity contribution in [2.24, 2.45) is 5.73 Å². The molecule has 1 aromatic heterocycles.